The zero-order valence-electron chi connectivity index (χ0n) is 11.3. The topological polar surface area (TPSA) is 80.5 Å². The van der Waals surface area contributed by atoms with E-state index in [9.17, 15) is 18.0 Å². The highest BCUT2D eigenvalue weighted by atomic mass is 19.4. The molecular formula is C12H15F3N4O2. The summed E-state index contributed by atoms with van der Waals surface area (Å²) in [5.41, 5.74) is 4.55. The van der Waals surface area contributed by atoms with Crippen LogP contribution in [-0.2, 0) is 15.7 Å². The molecule has 0 radical (unpaired) electrons. The molecule has 1 aliphatic heterocycles. The van der Waals surface area contributed by atoms with E-state index in [0.717, 1.165) is 12.1 Å². The Labute approximate surface area is 119 Å². The van der Waals surface area contributed by atoms with Crippen LogP contribution in [0.5, 0.6) is 0 Å². The fourth-order valence-corrected chi connectivity index (χ4v) is 2.11. The number of nitrogen functional groups attached to an aromatic ring is 1. The molecule has 3 N–H and O–H groups in total. The third-order valence-corrected chi connectivity index (χ3v) is 3.13. The predicted octanol–water partition coefficient (Wildman–Crippen LogP) is 0.634. The van der Waals surface area contributed by atoms with Crippen LogP contribution in [0, 0.1) is 0 Å². The first-order chi connectivity index (χ1) is 9.82. The number of rotatable bonds is 2. The molecule has 1 atom stereocenters. The summed E-state index contributed by atoms with van der Waals surface area (Å²) < 4.78 is 43.7. The maximum Gasteiger partial charge on any atom is 0.416 e. The van der Waals surface area contributed by atoms with Gasteiger partial charge in [-0.05, 0) is 12.1 Å². The molecule has 21 heavy (non-hydrogen) atoms. The third-order valence-electron chi connectivity index (χ3n) is 3.13. The van der Waals surface area contributed by atoms with Gasteiger partial charge in [0.15, 0.2) is 0 Å². The van der Waals surface area contributed by atoms with E-state index in [2.05, 4.69) is 10.3 Å². The number of carbonyl (C=O) groups is 1. The van der Waals surface area contributed by atoms with Crippen molar-refractivity contribution < 1.29 is 22.7 Å². The number of hydrogen-bond donors (Lipinski definition) is 2. The second kappa shape index (κ2) is 5.76. The summed E-state index contributed by atoms with van der Waals surface area (Å²) in [6.45, 7) is 0.634. The summed E-state index contributed by atoms with van der Waals surface area (Å²) in [5, 5.41) is 2.45. The van der Waals surface area contributed by atoms with Gasteiger partial charge in [-0.15, -0.1) is 0 Å². The Kier molecular flexibility index (Phi) is 4.21. The minimum atomic E-state index is -4.53. The number of ether oxygens (including phenoxy) is 1. The molecule has 1 aromatic rings. The highest BCUT2D eigenvalue weighted by Crippen LogP contribution is 2.33. The van der Waals surface area contributed by atoms with Gasteiger partial charge < -0.3 is 20.7 Å². The molecule has 1 amide bonds. The lowest BCUT2D eigenvalue weighted by atomic mass is 10.1. The standard InChI is InChI=1S/C12H15F3N4O2/c1-17-11(20)8-6-21-3-2-19(8)10-5-7(12(13,14)15)4-9(16)18-10/h4-5,8H,2-3,6H2,1H3,(H2,16,18)(H,17,20). The molecule has 1 aliphatic rings. The van der Waals surface area contributed by atoms with Crippen LogP contribution >= 0.6 is 0 Å². The van der Waals surface area contributed by atoms with Crippen LogP contribution in [0.3, 0.4) is 0 Å². The summed E-state index contributed by atoms with van der Waals surface area (Å²) >= 11 is 0. The van der Waals surface area contributed by atoms with E-state index in [0.29, 0.717) is 6.61 Å². The lowest BCUT2D eigenvalue weighted by molar-refractivity contribution is -0.137. The van der Waals surface area contributed by atoms with Crippen molar-refractivity contribution in [3.05, 3.63) is 17.7 Å². The Morgan fingerprint density at radius 2 is 2.24 bits per heavy atom. The third kappa shape index (κ3) is 3.35. The van der Waals surface area contributed by atoms with Crippen molar-refractivity contribution in [2.75, 3.05) is 37.4 Å². The number of nitrogens with zero attached hydrogens (tertiary/aromatic N) is 2. The molecule has 0 bridgehead atoms. The average molecular weight is 304 g/mol. The molecule has 9 heteroatoms. The van der Waals surface area contributed by atoms with E-state index in [1.165, 1.54) is 11.9 Å². The molecule has 1 saturated heterocycles. The number of amides is 1. The highest BCUT2D eigenvalue weighted by Gasteiger charge is 2.34. The summed E-state index contributed by atoms with van der Waals surface area (Å²) in [5.74, 6) is -0.589. The Bertz CT molecular complexity index is 536. The number of alkyl halides is 3. The molecule has 0 saturated carbocycles. The van der Waals surface area contributed by atoms with E-state index < -0.39 is 17.8 Å². The van der Waals surface area contributed by atoms with Gasteiger partial charge >= 0.3 is 6.18 Å². The van der Waals surface area contributed by atoms with Gasteiger partial charge in [0.2, 0.25) is 5.91 Å². The number of likely N-dealkylation sites (N-methyl/N-ethyl adjacent to an activating group) is 1. The SMILES string of the molecule is CNC(=O)C1COCCN1c1cc(C(F)(F)F)cc(N)n1. The molecule has 0 aliphatic carbocycles. The van der Waals surface area contributed by atoms with E-state index >= 15 is 0 Å². The van der Waals surface area contributed by atoms with E-state index in [1.807, 2.05) is 0 Å². The molecule has 1 fully saturated rings. The minimum Gasteiger partial charge on any atom is -0.384 e. The molecular weight excluding hydrogens is 289 g/mol. The van der Waals surface area contributed by atoms with Crippen molar-refractivity contribution in [2.24, 2.45) is 0 Å². The Hall–Kier alpha value is -2.03. The van der Waals surface area contributed by atoms with Gasteiger partial charge in [0.1, 0.15) is 17.7 Å². The van der Waals surface area contributed by atoms with E-state index in [-0.39, 0.29) is 30.7 Å². The zero-order valence-corrected chi connectivity index (χ0v) is 11.3. The predicted molar refractivity (Wildman–Crippen MR) is 69.7 cm³/mol. The Morgan fingerprint density at radius 1 is 1.52 bits per heavy atom. The van der Waals surface area contributed by atoms with E-state index in [4.69, 9.17) is 10.5 Å². The van der Waals surface area contributed by atoms with E-state index in [1.54, 1.807) is 0 Å². The molecule has 0 spiro atoms. The van der Waals surface area contributed by atoms with Crippen molar-refractivity contribution in [3.63, 3.8) is 0 Å². The van der Waals surface area contributed by atoms with Gasteiger partial charge in [0, 0.05) is 13.6 Å². The maximum absolute atomic E-state index is 12.8. The van der Waals surface area contributed by atoms with Crippen LogP contribution in [0.1, 0.15) is 5.56 Å². The largest absolute Gasteiger partial charge is 0.416 e. The number of hydrogen-bond acceptors (Lipinski definition) is 5. The number of carbonyl (C=O) groups excluding carboxylic acids is 1. The number of anilines is 2. The fraction of sp³-hybridized carbons (Fsp3) is 0.500. The fourth-order valence-electron chi connectivity index (χ4n) is 2.11. The van der Waals surface area contributed by atoms with Crippen LogP contribution in [0.25, 0.3) is 0 Å². The Morgan fingerprint density at radius 3 is 2.86 bits per heavy atom. The maximum atomic E-state index is 12.8. The first kappa shape index (κ1) is 15.4. The van der Waals surface area contributed by atoms with Crippen molar-refractivity contribution in [2.45, 2.75) is 12.2 Å². The monoisotopic (exact) mass is 304 g/mol. The van der Waals surface area contributed by atoms with Crippen molar-refractivity contribution in [1.29, 1.82) is 0 Å². The first-order valence-electron chi connectivity index (χ1n) is 6.23. The molecule has 1 aromatic heterocycles. The average Bonchev–Trinajstić information content (AvgIpc) is 2.45. The normalized spacial score (nSPS) is 19.4. The first-order valence-corrected chi connectivity index (χ1v) is 6.23. The van der Waals surface area contributed by atoms with Gasteiger partial charge in [-0.25, -0.2) is 4.98 Å². The summed E-state index contributed by atoms with van der Waals surface area (Å²) in [6, 6.07) is 0.912. The molecule has 2 heterocycles. The summed E-state index contributed by atoms with van der Waals surface area (Å²) in [4.78, 5) is 17.2. The molecule has 1 unspecified atom stereocenters. The lowest BCUT2D eigenvalue weighted by Gasteiger charge is -2.35. The van der Waals surface area contributed by atoms with Crippen LogP contribution < -0.4 is 16.0 Å². The Balaban J connectivity index is 2.39. The second-order valence-corrected chi connectivity index (χ2v) is 4.54. The zero-order chi connectivity index (χ0) is 15.6. The molecule has 0 aromatic carbocycles. The quantitative estimate of drug-likeness (QED) is 0.838. The van der Waals surface area contributed by atoms with Crippen molar-refractivity contribution >= 4 is 17.5 Å². The highest BCUT2D eigenvalue weighted by molar-refractivity contribution is 5.85. The number of nitrogens with one attached hydrogen (secondary N) is 1. The van der Waals surface area contributed by atoms with Crippen LogP contribution in [-0.4, -0.2) is 43.7 Å². The second-order valence-electron chi connectivity index (χ2n) is 4.54. The van der Waals surface area contributed by atoms with Crippen LogP contribution in [0.4, 0.5) is 24.8 Å². The molecule has 6 nitrogen and oxygen atoms in total. The van der Waals surface area contributed by atoms with Crippen molar-refractivity contribution in [3.8, 4) is 0 Å². The lowest BCUT2D eigenvalue weighted by Crippen LogP contribution is -2.53. The van der Waals surface area contributed by atoms with Crippen molar-refractivity contribution in [1.82, 2.24) is 10.3 Å². The van der Waals surface area contributed by atoms with Crippen LogP contribution in [0.2, 0.25) is 0 Å². The molecule has 116 valence electrons. The van der Waals surface area contributed by atoms with Gasteiger partial charge in [-0.2, -0.15) is 13.2 Å². The smallest absolute Gasteiger partial charge is 0.384 e. The number of aromatic nitrogens is 1. The summed E-state index contributed by atoms with van der Waals surface area (Å²) in [6.07, 6.45) is -4.53. The summed E-state index contributed by atoms with van der Waals surface area (Å²) in [7, 11) is 1.45. The number of pyridine rings is 1. The minimum absolute atomic E-state index is 0.0132. The number of halogens is 3. The number of nitrogens with two attached hydrogens (primary N) is 1. The number of morpholine rings is 1. The molecule has 2 rings (SSSR count). The van der Waals surface area contributed by atoms with Gasteiger partial charge in [0.25, 0.3) is 0 Å². The van der Waals surface area contributed by atoms with Crippen LogP contribution in [0.15, 0.2) is 12.1 Å². The van der Waals surface area contributed by atoms with Gasteiger partial charge in [0.05, 0.1) is 18.8 Å². The van der Waals surface area contributed by atoms with Gasteiger partial charge in [-0.1, -0.05) is 0 Å². The van der Waals surface area contributed by atoms with Gasteiger partial charge in [-0.3, -0.25) is 4.79 Å².